The Bertz CT molecular complexity index is 732. The maximum Gasteiger partial charge on any atom is 0.117 e. The number of nitrogens with zero attached hydrogens (tertiary/aromatic N) is 3. The van der Waals surface area contributed by atoms with E-state index in [1.807, 2.05) is 11.3 Å². The van der Waals surface area contributed by atoms with Gasteiger partial charge in [-0.05, 0) is 26.0 Å². The molecule has 2 saturated heterocycles. The van der Waals surface area contributed by atoms with Gasteiger partial charge in [0.15, 0.2) is 0 Å². The molecule has 0 unspecified atom stereocenters. The van der Waals surface area contributed by atoms with Crippen molar-refractivity contribution >= 4 is 22.7 Å². The van der Waals surface area contributed by atoms with Crippen LogP contribution in [0.5, 0.6) is 0 Å². The highest BCUT2D eigenvalue weighted by Crippen LogP contribution is 2.26. The van der Waals surface area contributed by atoms with Crippen LogP contribution in [0.2, 0.25) is 0 Å². The van der Waals surface area contributed by atoms with Gasteiger partial charge < -0.3 is 9.47 Å². The molecule has 5 nitrogen and oxygen atoms in total. The Morgan fingerprint density at radius 3 is 2.65 bits per heavy atom. The Morgan fingerprint density at radius 2 is 1.92 bits per heavy atom. The summed E-state index contributed by atoms with van der Waals surface area (Å²) in [5.74, 6) is 0. The van der Waals surface area contributed by atoms with E-state index in [-0.39, 0.29) is 5.60 Å². The maximum absolute atomic E-state index is 6.31. The number of ether oxygens (including phenoxy) is 2. The first-order valence-corrected chi connectivity index (χ1v) is 10.9. The first kappa shape index (κ1) is 18.5. The van der Waals surface area contributed by atoms with Crippen LogP contribution in [0.15, 0.2) is 17.5 Å². The van der Waals surface area contributed by atoms with Crippen molar-refractivity contribution in [1.82, 2.24) is 14.8 Å². The summed E-state index contributed by atoms with van der Waals surface area (Å²) in [4.78, 5) is 12.4. The molecule has 2 aliphatic rings. The van der Waals surface area contributed by atoms with Crippen LogP contribution in [0.1, 0.15) is 20.5 Å². The topological polar surface area (TPSA) is 37.8 Å². The van der Waals surface area contributed by atoms with Crippen molar-refractivity contribution in [3.63, 3.8) is 0 Å². The molecule has 0 aromatic carbocycles. The first-order valence-electron chi connectivity index (χ1n) is 9.23. The number of aryl methyl sites for hydroxylation is 2. The lowest BCUT2D eigenvalue weighted by Gasteiger charge is -2.43. The van der Waals surface area contributed by atoms with Crippen LogP contribution in [-0.4, -0.2) is 66.4 Å². The van der Waals surface area contributed by atoms with Gasteiger partial charge in [-0.1, -0.05) is 0 Å². The van der Waals surface area contributed by atoms with Crippen LogP contribution < -0.4 is 0 Å². The Hall–Kier alpha value is -0.830. The summed E-state index contributed by atoms with van der Waals surface area (Å²) in [7, 11) is 0. The molecule has 0 saturated carbocycles. The van der Waals surface area contributed by atoms with E-state index < -0.39 is 0 Å². The average molecular weight is 394 g/mol. The highest BCUT2D eigenvalue weighted by molar-refractivity contribution is 7.11. The number of hydrogen-bond donors (Lipinski definition) is 0. The summed E-state index contributed by atoms with van der Waals surface area (Å²) in [6.45, 7) is 12.1. The van der Waals surface area contributed by atoms with Crippen molar-refractivity contribution in [2.24, 2.45) is 0 Å². The molecule has 142 valence electrons. The number of morpholine rings is 1. The molecule has 2 aliphatic heterocycles. The molecular formula is C19H27N3O2S2. The average Bonchev–Trinajstić information content (AvgIpc) is 3.14. The molecule has 2 aromatic rings. The lowest BCUT2D eigenvalue weighted by atomic mass is 10.0. The second-order valence-electron chi connectivity index (χ2n) is 7.38. The molecule has 26 heavy (non-hydrogen) atoms. The van der Waals surface area contributed by atoms with Crippen LogP contribution >= 0.6 is 22.7 Å². The van der Waals surface area contributed by atoms with Crippen molar-refractivity contribution in [3.8, 4) is 0 Å². The van der Waals surface area contributed by atoms with E-state index in [4.69, 9.17) is 9.47 Å². The minimum atomic E-state index is -0.230. The van der Waals surface area contributed by atoms with Crippen molar-refractivity contribution in [3.05, 3.63) is 38.0 Å². The second kappa shape index (κ2) is 8.04. The quantitative estimate of drug-likeness (QED) is 0.798. The Labute approximate surface area is 163 Å². The Morgan fingerprint density at radius 1 is 1.12 bits per heavy atom. The number of rotatable bonds is 4. The summed E-state index contributed by atoms with van der Waals surface area (Å²) in [6, 6.07) is 4.46. The number of hydrogen-bond acceptors (Lipinski definition) is 7. The minimum Gasteiger partial charge on any atom is -0.377 e. The molecule has 1 atom stereocenters. The maximum atomic E-state index is 6.31. The van der Waals surface area contributed by atoms with Gasteiger partial charge in [0.2, 0.25) is 0 Å². The molecule has 4 heterocycles. The molecule has 0 N–H and O–H groups in total. The molecule has 0 amide bonds. The summed E-state index contributed by atoms with van der Waals surface area (Å²) in [6.07, 6.45) is 0. The largest absolute Gasteiger partial charge is 0.377 e. The van der Waals surface area contributed by atoms with Gasteiger partial charge in [0.1, 0.15) is 5.60 Å². The van der Waals surface area contributed by atoms with E-state index >= 15 is 0 Å². The van der Waals surface area contributed by atoms with Crippen LogP contribution in [0, 0.1) is 13.8 Å². The van der Waals surface area contributed by atoms with Crippen molar-refractivity contribution in [2.75, 3.05) is 46.0 Å². The number of aromatic nitrogens is 1. The zero-order valence-electron chi connectivity index (χ0n) is 15.6. The molecular weight excluding hydrogens is 366 g/mol. The molecule has 2 fully saturated rings. The van der Waals surface area contributed by atoms with Crippen LogP contribution in [0.25, 0.3) is 0 Å². The smallest absolute Gasteiger partial charge is 0.117 e. The Balaban J connectivity index is 1.42. The van der Waals surface area contributed by atoms with Crippen LogP contribution in [-0.2, 0) is 22.6 Å². The highest BCUT2D eigenvalue weighted by atomic mass is 32.1. The summed E-state index contributed by atoms with van der Waals surface area (Å²) in [5, 5.41) is 3.30. The van der Waals surface area contributed by atoms with Crippen molar-refractivity contribution in [2.45, 2.75) is 32.5 Å². The second-order valence-corrected chi connectivity index (χ2v) is 9.81. The predicted octanol–water partition coefficient (Wildman–Crippen LogP) is 2.92. The minimum absolute atomic E-state index is 0.230. The van der Waals surface area contributed by atoms with Gasteiger partial charge in [-0.15, -0.1) is 22.7 Å². The van der Waals surface area contributed by atoms with E-state index in [2.05, 4.69) is 46.1 Å². The predicted molar refractivity (Wildman–Crippen MR) is 106 cm³/mol. The fraction of sp³-hybridized carbons (Fsp3) is 0.632. The van der Waals surface area contributed by atoms with Crippen molar-refractivity contribution < 1.29 is 9.47 Å². The highest BCUT2D eigenvalue weighted by Gasteiger charge is 2.40. The lowest BCUT2D eigenvalue weighted by molar-refractivity contribution is -0.143. The molecule has 0 bridgehead atoms. The molecule has 4 rings (SSSR count). The van der Waals surface area contributed by atoms with Gasteiger partial charge >= 0.3 is 0 Å². The third-order valence-electron chi connectivity index (χ3n) is 4.98. The number of thiophene rings is 1. The van der Waals surface area contributed by atoms with Gasteiger partial charge in [-0.2, -0.15) is 0 Å². The fourth-order valence-electron chi connectivity index (χ4n) is 3.86. The van der Waals surface area contributed by atoms with E-state index in [1.54, 1.807) is 11.3 Å². The fourth-order valence-corrected chi connectivity index (χ4v) is 5.40. The van der Waals surface area contributed by atoms with Crippen LogP contribution in [0.4, 0.5) is 0 Å². The van der Waals surface area contributed by atoms with Crippen molar-refractivity contribution in [1.29, 1.82) is 0 Å². The van der Waals surface area contributed by atoms with Crippen LogP contribution in [0.3, 0.4) is 0 Å². The molecule has 1 spiro atoms. The Kier molecular flexibility index (Phi) is 5.73. The SMILES string of the molecule is Cc1ccc(CN2CCO[C@]3(COCCN(Cc4csc(C)n4)C3)C2)s1. The lowest BCUT2D eigenvalue weighted by Crippen LogP contribution is -2.58. The standard InChI is InChI=1S/C19H27N3O2S2/c1-15-3-4-18(26-15)10-22-6-8-24-19(13-22)12-21(5-7-23-14-19)9-17-11-25-16(2)20-17/h3-4,11H,5-10,12-14H2,1-2H3/t19-/m0/s1. The third-order valence-corrected chi connectivity index (χ3v) is 6.79. The zero-order chi connectivity index (χ0) is 18.0. The van der Waals surface area contributed by atoms with E-state index in [0.29, 0.717) is 6.61 Å². The summed E-state index contributed by atoms with van der Waals surface area (Å²) < 4.78 is 12.3. The third kappa shape index (κ3) is 4.52. The van der Waals surface area contributed by atoms with Gasteiger partial charge in [-0.25, -0.2) is 4.98 Å². The van der Waals surface area contributed by atoms with Gasteiger partial charge in [0.05, 0.1) is 30.5 Å². The molecule has 2 aromatic heterocycles. The van der Waals surface area contributed by atoms with Gasteiger partial charge in [0.25, 0.3) is 0 Å². The van der Waals surface area contributed by atoms with Gasteiger partial charge in [-0.3, -0.25) is 9.80 Å². The van der Waals surface area contributed by atoms with Gasteiger partial charge in [0, 0.05) is 54.4 Å². The zero-order valence-corrected chi connectivity index (χ0v) is 17.2. The molecule has 0 aliphatic carbocycles. The summed E-state index contributed by atoms with van der Waals surface area (Å²) in [5.41, 5.74) is 0.929. The van der Waals surface area contributed by atoms with E-state index in [0.717, 1.165) is 63.2 Å². The van der Waals surface area contributed by atoms with E-state index in [9.17, 15) is 0 Å². The first-order chi connectivity index (χ1) is 12.6. The molecule has 7 heteroatoms. The molecule has 0 radical (unpaired) electrons. The normalized spacial score (nSPS) is 25.6. The monoisotopic (exact) mass is 393 g/mol. The number of thiazole rings is 1. The van der Waals surface area contributed by atoms with E-state index in [1.165, 1.54) is 9.75 Å². The summed E-state index contributed by atoms with van der Waals surface area (Å²) >= 11 is 3.62.